The molecule has 2 aromatic rings. The highest BCUT2D eigenvalue weighted by molar-refractivity contribution is 5.87. The first kappa shape index (κ1) is 14.7. The van der Waals surface area contributed by atoms with E-state index in [9.17, 15) is 18.0 Å². The largest absolute Gasteiger partial charge is 0.478 e. The van der Waals surface area contributed by atoms with Crippen LogP contribution >= 0.6 is 0 Å². The van der Waals surface area contributed by atoms with Crippen LogP contribution in [0.2, 0.25) is 0 Å². The molecule has 0 radical (unpaired) electrons. The normalized spacial score (nSPS) is 10.6. The zero-order chi connectivity index (χ0) is 15.5. The van der Waals surface area contributed by atoms with Crippen molar-refractivity contribution in [2.45, 2.75) is 6.18 Å². The summed E-state index contributed by atoms with van der Waals surface area (Å²) >= 11 is 0. The molecule has 2 aromatic carbocycles. The second-order valence-corrected chi connectivity index (χ2v) is 4.21. The van der Waals surface area contributed by atoms with E-state index in [4.69, 9.17) is 5.11 Å². The molecule has 0 spiro atoms. The van der Waals surface area contributed by atoms with E-state index in [0.717, 1.165) is 12.1 Å². The van der Waals surface area contributed by atoms with Crippen molar-refractivity contribution in [2.24, 2.45) is 0 Å². The Balaban J connectivity index is 2.25. The molecule has 5 heteroatoms. The molecule has 0 unspecified atom stereocenters. The van der Waals surface area contributed by atoms with E-state index < -0.39 is 17.7 Å². The molecular formula is C16H9F3O2. The molecule has 0 fully saturated rings. The first-order valence-corrected chi connectivity index (χ1v) is 5.89. The highest BCUT2D eigenvalue weighted by Gasteiger charge is 2.30. The molecular weight excluding hydrogens is 281 g/mol. The van der Waals surface area contributed by atoms with Gasteiger partial charge in [-0.25, -0.2) is 4.79 Å². The molecule has 0 aliphatic heterocycles. The molecule has 0 atom stereocenters. The Kier molecular flexibility index (Phi) is 3.99. The molecule has 106 valence electrons. The Labute approximate surface area is 118 Å². The molecule has 0 heterocycles. The summed E-state index contributed by atoms with van der Waals surface area (Å²) in [6.45, 7) is 0. The number of benzene rings is 2. The average molecular weight is 290 g/mol. The predicted molar refractivity (Wildman–Crippen MR) is 70.8 cm³/mol. The Bertz CT molecular complexity index is 720. The lowest BCUT2D eigenvalue weighted by Crippen LogP contribution is -2.04. The van der Waals surface area contributed by atoms with Crippen LogP contribution in [0, 0.1) is 11.8 Å². The van der Waals surface area contributed by atoms with Gasteiger partial charge in [0.15, 0.2) is 0 Å². The quantitative estimate of drug-likeness (QED) is 0.811. The average Bonchev–Trinajstić information content (AvgIpc) is 2.45. The number of alkyl halides is 3. The maximum atomic E-state index is 12.5. The van der Waals surface area contributed by atoms with Gasteiger partial charge in [0, 0.05) is 11.1 Å². The predicted octanol–water partition coefficient (Wildman–Crippen LogP) is 3.80. The summed E-state index contributed by atoms with van der Waals surface area (Å²) in [6.07, 6.45) is -4.40. The van der Waals surface area contributed by atoms with Crippen LogP contribution < -0.4 is 0 Å². The lowest BCUT2D eigenvalue weighted by Gasteiger charge is -2.05. The SMILES string of the molecule is O=C(O)c1ccc(C#Cc2cccc(C(F)(F)F)c2)cc1. The zero-order valence-corrected chi connectivity index (χ0v) is 10.6. The highest BCUT2D eigenvalue weighted by Crippen LogP contribution is 2.29. The molecule has 0 amide bonds. The lowest BCUT2D eigenvalue weighted by molar-refractivity contribution is -0.137. The molecule has 2 nitrogen and oxygen atoms in total. The van der Waals surface area contributed by atoms with Crippen molar-refractivity contribution in [1.82, 2.24) is 0 Å². The van der Waals surface area contributed by atoms with Gasteiger partial charge in [-0.2, -0.15) is 13.2 Å². The third kappa shape index (κ3) is 3.86. The minimum Gasteiger partial charge on any atom is -0.478 e. The van der Waals surface area contributed by atoms with Crippen molar-refractivity contribution in [1.29, 1.82) is 0 Å². The van der Waals surface area contributed by atoms with Gasteiger partial charge in [0.25, 0.3) is 0 Å². The van der Waals surface area contributed by atoms with Crippen molar-refractivity contribution in [3.8, 4) is 11.8 Å². The van der Waals surface area contributed by atoms with Crippen LogP contribution in [0.5, 0.6) is 0 Å². The lowest BCUT2D eigenvalue weighted by atomic mass is 10.1. The third-order valence-electron chi connectivity index (χ3n) is 2.67. The number of halogens is 3. The molecule has 0 aliphatic rings. The van der Waals surface area contributed by atoms with E-state index in [0.29, 0.717) is 5.56 Å². The summed E-state index contributed by atoms with van der Waals surface area (Å²) in [5.41, 5.74) is 0.139. The van der Waals surface area contributed by atoms with E-state index in [2.05, 4.69) is 11.8 Å². The number of carbonyl (C=O) groups is 1. The van der Waals surface area contributed by atoms with E-state index in [-0.39, 0.29) is 11.1 Å². The second-order valence-electron chi connectivity index (χ2n) is 4.21. The Morgan fingerprint density at radius 1 is 0.952 bits per heavy atom. The molecule has 0 aliphatic carbocycles. The number of rotatable bonds is 1. The maximum absolute atomic E-state index is 12.5. The van der Waals surface area contributed by atoms with Crippen molar-refractivity contribution < 1.29 is 23.1 Å². The molecule has 0 saturated heterocycles. The van der Waals surface area contributed by atoms with Crippen LogP contribution in [0.3, 0.4) is 0 Å². The molecule has 21 heavy (non-hydrogen) atoms. The third-order valence-corrected chi connectivity index (χ3v) is 2.67. The minimum atomic E-state index is -4.40. The van der Waals surface area contributed by atoms with Crippen LogP contribution in [-0.4, -0.2) is 11.1 Å². The summed E-state index contributed by atoms with van der Waals surface area (Å²) < 4.78 is 37.6. The van der Waals surface area contributed by atoms with Crippen LogP contribution in [0.15, 0.2) is 48.5 Å². The summed E-state index contributed by atoms with van der Waals surface area (Å²) in [5, 5.41) is 8.75. The van der Waals surface area contributed by atoms with E-state index in [1.807, 2.05) is 0 Å². The first-order valence-electron chi connectivity index (χ1n) is 5.89. The Morgan fingerprint density at radius 3 is 2.14 bits per heavy atom. The number of hydrogen-bond acceptors (Lipinski definition) is 1. The molecule has 0 aromatic heterocycles. The minimum absolute atomic E-state index is 0.125. The smallest absolute Gasteiger partial charge is 0.416 e. The van der Waals surface area contributed by atoms with Crippen LogP contribution in [-0.2, 0) is 6.18 Å². The van der Waals surface area contributed by atoms with Gasteiger partial charge in [-0.15, -0.1) is 0 Å². The topological polar surface area (TPSA) is 37.3 Å². The maximum Gasteiger partial charge on any atom is 0.416 e. The number of carboxylic acid groups (broad SMARTS) is 1. The standard InChI is InChI=1S/C16H9F3O2/c17-16(18,19)14-3-1-2-12(10-14)5-4-11-6-8-13(9-7-11)15(20)21/h1-3,6-10H,(H,20,21). The van der Waals surface area contributed by atoms with E-state index >= 15 is 0 Å². The Hall–Kier alpha value is -2.74. The van der Waals surface area contributed by atoms with Crippen LogP contribution in [0.4, 0.5) is 13.2 Å². The fraction of sp³-hybridized carbons (Fsp3) is 0.0625. The van der Waals surface area contributed by atoms with Gasteiger partial charge in [0.05, 0.1) is 11.1 Å². The zero-order valence-electron chi connectivity index (χ0n) is 10.6. The summed E-state index contributed by atoms with van der Waals surface area (Å²) in [7, 11) is 0. The first-order chi connectivity index (χ1) is 9.86. The molecule has 0 bridgehead atoms. The number of aromatic carboxylic acids is 1. The van der Waals surface area contributed by atoms with Crippen molar-refractivity contribution >= 4 is 5.97 Å². The molecule has 2 rings (SSSR count). The van der Waals surface area contributed by atoms with Gasteiger partial charge in [0.2, 0.25) is 0 Å². The number of hydrogen-bond donors (Lipinski definition) is 1. The Morgan fingerprint density at radius 2 is 1.57 bits per heavy atom. The van der Waals surface area contributed by atoms with Gasteiger partial charge < -0.3 is 5.11 Å². The van der Waals surface area contributed by atoms with E-state index in [1.165, 1.54) is 36.4 Å². The van der Waals surface area contributed by atoms with Crippen molar-refractivity contribution in [3.63, 3.8) is 0 Å². The fourth-order valence-corrected chi connectivity index (χ4v) is 1.61. The van der Waals surface area contributed by atoms with Gasteiger partial charge in [-0.3, -0.25) is 0 Å². The van der Waals surface area contributed by atoms with Crippen LogP contribution in [0.25, 0.3) is 0 Å². The summed E-state index contributed by atoms with van der Waals surface area (Å²) in [6, 6.07) is 10.5. The van der Waals surface area contributed by atoms with Crippen LogP contribution in [0.1, 0.15) is 27.0 Å². The summed E-state index contributed by atoms with van der Waals surface area (Å²) in [4.78, 5) is 10.7. The monoisotopic (exact) mass is 290 g/mol. The molecule has 1 N–H and O–H groups in total. The van der Waals surface area contributed by atoms with Gasteiger partial charge in [-0.05, 0) is 42.5 Å². The molecule has 0 saturated carbocycles. The van der Waals surface area contributed by atoms with E-state index in [1.54, 1.807) is 0 Å². The fourth-order valence-electron chi connectivity index (χ4n) is 1.61. The second kappa shape index (κ2) is 5.71. The van der Waals surface area contributed by atoms with Gasteiger partial charge >= 0.3 is 12.1 Å². The number of carboxylic acids is 1. The van der Waals surface area contributed by atoms with Crippen molar-refractivity contribution in [2.75, 3.05) is 0 Å². The van der Waals surface area contributed by atoms with Crippen molar-refractivity contribution in [3.05, 3.63) is 70.8 Å². The highest BCUT2D eigenvalue weighted by atomic mass is 19.4. The van der Waals surface area contributed by atoms with Gasteiger partial charge in [-0.1, -0.05) is 17.9 Å². The summed E-state index contributed by atoms with van der Waals surface area (Å²) in [5.74, 6) is 4.27. The van der Waals surface area contributed by atoms with Gasteiger partial charge in [0.1, 0.15) is 0 Å².